The number of hydrogen-bond acceptors (Lipinski definition) is 4. The van der Waals surface area contributed by atoms with Crippen LogP contribution < -0.4 is 0 Å². The van der Waals surface area contributed by atoms with Crippen LogP contribution in [0.25, 0.3) is 0 Å². The van der Waals surface area contributed by atoms with E-state index in [1.807, 2.05) is 20.8 Å². The smallest absolute Gasteiger partial charge is 0.345 e. The SMILES string of the molecule is CCCCOC(=O)C(C(=O)OCCCC)=C(C)CC. The molecular formula is C15H26O4. The minimum absolute atomic E-state index is 0.0645. The molecule has 0 unspecified atom stereocenters. The largest absolute Gasteiger partial charge is 0.462 e. The van der Waals surface area contributed by atoms with Crippen LogP contribution in [0.15, 0.2) is 11.1 Å². The molecule has 0 fully saturated rings. The highest BCUT2D eigenvalue weighted by atomic mass is 16.6. The third-order valence-electron chi connectivity index (χ3n) is 2.83. The Bertz CT molecular complexity index is 294. The molecular weight excluding hydrogens is 244 g/mol. The molecule has 0 N–H and O–H groups in total. The van der Waals surface area contributed by atoms with Gasteiger partial charge in [0.25, 0.3) is 0 Å². The van der Waals surface area contributed by atoms with Gasteiger partial charge in [-0.2, -0.15) is 0 Å². The summed E-state index contributed by atoms with van der Waals surface area (Å²) in [5, 5.41) is 0. The van der Waals surface area contributed by atoms with Crippen LogP contribution in [-0.2, 0) is 19.1 Å². The molecule has 4 nitrogen and oxygen atoms in total. The lowest BCUT2D eigenvalue weighted by molar-refractivity contribution is -0.147. The quantitative estimate of drug-likeness (QED) is 0.212. The highest BCUT2D eigenvalue weighted by Crippen LogP contribution is 2.13. The lowest BCUT2D eigenvalue weighted by Gasteiger charge is -2.11. The van der Waals surface area contributed by atoms with Crippen molar-refractivity contribution >= 4 is 11.9 Å². The topological polar surface area (TPSA) is 52.6 Å². The third-order valence-corrected chi connectivity index (χ3v) is 2.83. The first kappa shape index (κ1) is 17.7. The van der Waals surface area contributed by atoms with Crippen molar-refractivity contribution in [2.45, 2.75) is 59.8 Å². The molecule has 0 saturated heterocycles. The number of rotatable bonds is 9. The summed E-state index contributed by atoms with van der Waals surface area (Å²) in [4.78, 5) is 23.8. The number of carbonyl (C=O) groups excluding carboxylic acids is 2. The molecule has 0 aliphatic carbocycles. The fourth-order valence-corrected chi connectivity index (χ4v) is 1.37. The van der Waals surface area contributed by atoms with Gasteiger partial charge in [0.05, 0.1) is 13.2 Å². The Balaban J connectivity index is 4.64. The zero-order chi connectivity index (χ0) is 14.7. The zero-order valence-corrected chi connectivity index (χ0v) is 12.6. The van der Waals surface area contributed by atoms with E-state index in [4.69, 9.17) is 9.47 Å². The highest BCUT2D eigenvalue weighted by Gasteiger charge is 2.23. The van der Waals surface area contributed by atoms with Gasteiger partial charge >= 0.3 is 11.9 Å². The summed E-state index contributed by atoms with van der Waals surface area (Å²) in [5.41, 5.74) is 0.776. The first-order valence-electron chi connectivity index (χ1n) is 7.12. The summed E-state index contributed by atoms with van der Waals surface area (Å²) in [6.07, 6.45) is 4.12. The summed E-state index contributed by atoms with van der Waals surface area (Å²) in [5.74, 6) is -1.12. The molecule has 0 aliphatic heterocycles. The first-order valence-corrected chi connectivity index (χ1v) is 7.12. The van der Waals surface area contributed by atoms with E-state index in [2.05, 4.69) is 0 Å². The van der Waals surface area contributed by atoms with Crippen molar-refractivity contribution in [1.29, 1.82) is 0 Å². The monoisotopic (exact) mass is 270 g/mol. The van der Waals surface area contributed by atoms with E-state index >= 15 is 0 Å². The van der Waals surface area contributed by atoms with Crippen LogP contribution in [0.1, 0.15) is 59.8 Å². The minimum Gasteiger partial charge on any atom is -0.462 e. The maximum Gasteiger partial charge on any atom is 0.345 e. The maximum atomic E-state index is 11.9. The Morgan fingerprint density at radius 3 is 1.58 bits per heavy atom. The van der Waals surface area contributed by atoms with Gasteiger partial charge in [-0.05, 0) is 26.2 Å². The third kappa shape index (κ3) is 6.99. The predicted octanol–water partition coefficient (Wildman–Crippen LogP) is 3.40. The Morgan fingerprint density at radius 1 is 0.842 bits per heavy atom. The van der Waals surface area contributed by atoms with Crippen molar-refractivity contribution in [2.24, 2.45) is 0 Å². The number of carbonyl (C=O) groups is 2. The Kier molecular flexibility index (Phi) is 9.85. The van der Waals surface area contributed by atoms with Gasteiger partial charge in [-0.1, -0.05) is 39.2 Å². The standard InChI is InChI=1S/C15H26O4/c1-5-8-10-18-14(16)13(12(4)7-3)15(17)19-11-9-6-2/h5-11H2,1-4H3. The second kappa shape index (κ2) is 10.6. The maximum absolute atomic E-state index is 11.9. The van der Waals surface area contributed by atoms with E-state index in [0.717, 1.165) is 25.7 Å². The van der Waals surface area contributed by atoms with Crippen LogP contribution in [0.4, 0.5) is 0 Å². The summed E-state index contributed by atoms with van der Waals surface area (Å²) < 4.78 is 10.2. The Morgan fingerprint density at radius 2 is 1.26 bits per heavy atom. The molecule has 19 heavy (non-hydrogen) atoms. The Hall–Kier alpha value is -1.32. The molecule has 0 aliphatic rings. The second-order valence-electron chi connectivity index (χ2n) is 4.49. The normalized spacial score (nSPS) is 9.89. The van der Waals surface area contributed by atoms with Crippen LogP contribution in [0.3, 0.4) is 0 Å². The van der Waals surface area contributed by atoms with Crippen molar-refractivity contribution in [2.75, 3.05) is 13.2 Å². The number of allylic oxidation sites excluding steroid dienone is 1. The van der Waals surface area contributed by atoms with Crippen molar-refractivity contribution in [3.8, 4) is 0 Å². The zero-order valence-electron chi connectivity index (χ0n) is 12.6. The van der Waals surface area contributed by atoms with E-state index in [-0.39, 0.29) is 5.57 Å². The average Bonchev–Trinajstić information content (AvgIpc) is 2.39. The molecule has 110 valence electrons. The van der Waals surface area contributed by atoms with Crippen LogP contribution in [0, 0.1) is 0 Å². The van der Waals surface area contributed by atoms with Gasteiger partial charge in [-0.25, -0.2) is 9.59 Å². The molecule has 0 rings (SSSR count). The molecule has 0 spiro atoms. The summed E-state index contributed by atoms with van der Waals surface area (Å²) in [6, 6.07) is 0. The molecule has 0 saturated carbocycles. The van der Waals surface area contributed by atoms with Gasteiger partial charge in [0.2, 0.25) is 0 Å². The Labute approximate surface area is 116 Å². The van der Waals surface area contributed by atoms with Crippen LogP contribution >= 0.6 is 0 Å². The van der Waals surface area contributed by atoms with Crippen molar-refractivity contribution < 1.29 is 19.1 Å². The van der Waals surface area contributed by atoms with Gasteiger partial charge in [0.15, 0.2) is 0 Å². The summed E-state index contributed by atoms with van der Waals surface area (Å²) in [6.45, 7) is 8.38. The average molecular weight is 270 g/mol. The molecule has 0 atom stereocenters. The number of unbranched alkanes of at least 4 members (excludes halogenated alkanes) is 2. The number of hydrogen-bond donors (Lipinski definition) is 0. The van der Waals surface area contributed by atoms with Crippen molar-refractivity contribution in [3.05, 3.63) is 11.1 Å². The van der Waals surface area contributed by atoms with Crippen molar-refractivity contribution in [1.82, 2.24) is 0 Å². The van der Waals surface area contributed by atoms with E-state index in [1.54, 1.807) is 6.92 Å². The van der Waals surface area contributed by atoms with Gasteiger partial charge in [-0.3, -0.25) is 0 Å². The molecule has 0 amide bonds. The fraction of sp³-hybridized carbons (Fsp3) is 0.733. The molecule has 0 aromatic rings. The predicted molar refractivity (Wildman–Crippen MR) is 74.7 cm³/mol. The molecule has 0 aromatic carbocycles. The van der Waals surface area contributed by atoms with Gasteiger partial charge in [-0.15, -0.1) is 0 Å². The van der Waals surface area contributed by atoms with E-state index in [1.165, 1.54) is 0 Å². The summed E-state index contributed by atoms with van der Waals surface area (Å²) >= 11 is 0. The number of ether oxygens (including phenoxy) is 2. The van der Waals surface area contributed by atoms with E-state index in [0.29, 0.717) is 25.2 Å². The van der Waals surface area contributed by atoms with Gasteiger partial charge in [0.1, 0.15) is 5.57 Å². The minimum atomic E-state index is -0.561. The highest BCUT2D eigenvalue weighted by molar-refractivity contribution is 6.14. The lowest BCUT2D eigenvalue weighted by Crippen LogP contribution is -2.21. The first-order chi connectivity index (χ1) is 9.08. The molecule has 4 heteroatoms. The van der Waals surface area contributed by atoms with Crippen LogP contribution in [0.2, 0.25) is 0 Å². The number of esters is 2. The fourth-order valence-electron chi connectivity index (χ4n) is 1.37. The van der Waals surface area contributed by atoms with Crippen LogP contribution in [-0.4, -0.2) is 25.2 Å². The molecule has 0 radical (unpaired) electrons. The molecule has 0 heterocycles. The molecule has 0 aromatic heterocycles. The van der Waals surface area contributed by atoms with Gasteiger partial charge < -0.3 is 9.47 Å². The van der Waals surface area contributed by atoms with Crippen LogP contribution in [0.5, 0.6) is 0 Å². The van der Waals surface area contributed by atoms with Gasteiger partial charge in [0, 0.05) is 0 Å². The lowest BCUT2D eigenvalue weighted by atomic mass is 10.1. The van der Waals surface area contributed by atoms with Crippen molar-refractivity contribution in [3.63, 3.8) is 0 Å². The van der Waals surface area contributed by atoms with E-state index in [9.17, 15) is 9.59 Å². The van der Waals surface area contributed by atoms with E-state index < -0.39 is 11.9 Å². The second-order valence-corrected chi connectivity index (χ2v) is 4.49. The molecule has 0 bridgehead atoms. The summed E-state index contributed by atoms with van der Waals surface area (Å²) in [7, 11) is 0.